The van der Waals surface area contributed by atoms with Crippen molar-refractivity contribution in [2.45, 2.75) is 13.8 Å². The van der Waals surface area contributed by atoms with Gasteiger partial charge >= 0.3 is 0 Å². The molecule has 0 aromatic rings. The van der Waals surface area contributed by atoms with E-state index in [9.17, 15) is 4.79 Å². The van der Waals surface area contributed by atoms with Crippen LogP contribution in [-0.4, -0.2) is 56.3 Å². The molecule has 2 N–H and O–H groups in total. The number of methoxy groups -OCH3 is 2. The Labute approximate surface area is 108 Å². The van der Waals surface area contributed by atoms with Gasteiger partial charge in [0.15, 0.2) is 0 Å². The van der Waals surface area contributed by atoms with E-state index in [0.29, 0.717) is 26.3 Å². The van der Waals surface area contributed by atoms with Gasteiger partial charge in [-0.2, -0.15) is 0 Å². The molecule has 0 aliphatic heterocycles. The van der Waals surface area contributed by atoms with Crippen LogP contribution in [0.15, 0.2) is 0 Å². The highest BCUT2D eigenvalue weighted by Gasteiger charge is 2.34. The van der Waals surface area contributed by atoms with E-state index in [0.717, 1.165) is 0 Å². The Kier molecular flexibility index (Phi) is 7.26. The minimum atomic E-state index is -0.836. The zero-order chi connectivity index (χ0) is 13.5. The topological polar surface area (TPSA) is 64.8 Å². The third kappa shape index (κ3) is 4.97. The van der Waals surface area contributed by atoms with Crippen molar-refractivity contribution < 1.29 is 14.3 Å². The van der Waals surface area contributed by atoms with Gasteiger partial charge in [-0.05, 0) is 13.8 Å². The van der Waals surface area contributed by atoms with Crippen molar-refractivity contribution >= 4 is 23.1 Å². The second kappa shape index (κ2) is 7.58. The van der Waals surface area contributed by atoms with E-state index >= 15 is 0 Å². The molecule has 0 atom stereocenters. The van der Waals surface area contributed by atoms with Gasteiger partial charge in [0.1, 0.15) is 0 Å². The van der Waals surface area contributed by atoms with Crippen molar-refractivity contribution in [2.75, 3.05) is 40.5 Å². The van der Waals surface area contributed by atoms with Crippen molar-refractivity contribution in [1.29, 1.82) is 0 Å². The molecule has 0 aliphatic rings. The lowest BCUT2D eigenvalue weighted by molar-refractivity contribution is -0.138. The highest BCUT2D eigenvalue weighted by molar-refractivity contribution is 7.80. The smallest absolute Gasteiger partial charge is 0.235 e. The van der Waals surface area contributed by atoms with Crippen LogP contribution in [0.25, 0.3) is 0 Å². The normalized spacial score (nSPS) is 11.3. The molecule has 0 aromatic carbocycles. The highest BCUT2D eigenvalue weighted by Crippen LogP contribution is 2.19. The zero-order valence-corrected chi connectivity index (χ0v) is 11.8. The first-order valence-corrected chi connectivity index (χ1v) is 5.86. The molecule has 17 heavy (non-hydrogen) atoms. The van der Waals surface area contributed by atoms with Crippen LogP contribution in [0.3, 0.4) is 0 Å². The number of hydrogen-bond acceptors (Lipinski definition) is 4. The summed E-state index contributed by atoms with van der Waals surface area (Å²) in [4.78, 5) is 14.1. The molecule has 0 heterocycles. The monoisotopic (exact) mass is 262 g/mol. The molecule has 0 fully saturated rings. The first-order chi connectivity index (χ1) is 7.87. The summed E-state index contributed by atoms with van der Waals surface area (Å²) in [6, 6.07) is 0. The maximum Gasteiger partial charge on any atom is 0.235 e. The molecular weight excluding hydrogens is 240 g/mol. The predicted molar refractivity (Wildman–Crippen MR) is 70.9 cm³/mol. The largest absolute Gasteiger partial charge is 0.392 e. The lowest BCUT2D eigenvalue weighted by atomic mass is 9.91. The van der Waals surface area contributed by atoms with Gasteiger partial charge in [-0.25, -0.2) is 0 Å². The average Bonchev–Trinajstić information content (AvgIpc) is 2.28. The summed E-state index contributed by atoms with van der Waals surface area (Å²) in [5.41, 5.74) is 4.75. The van der Waals surface area contributed by atoms with Gasteiger partial charge in [-0.1, -0.05) is 12.2 Å². The first kappa shape index (κ1) is 16.3. The molecule has 100 valence electrons. The number of nitrogens with two attached hydrogens (primary N) is 1. The van der Waals surface area contributed by atoms with Gasteiger partial charge in [0.05, 0.1) is 23.6 Å². The molecule has 0 saturated heterocycles. The standard InChI is InChI=1S/C11H22N2O3S/c1-11(2,9(12)17)10(14)13(5-7-15-3)6-8-16-4/h5-8H2,1-4H3,(H2,12,17). The molecule has 1 amide bonds. The van der Waals surface area contributed by atoms with Crippen LogP contribution in [0, 0.1) is 5.41 Å². The number of carbonyl (C=O) groups is 1. The van der Waals surface area contributed by atoms with Crippen molar-refractivity contribution in [1.82, 2.24) is 4.90 Å². The fourth-order valence-electron chi connectivity index (χ4n) is 1.22. The maximum atomic E-state index is 12.3. The summed E-state index contributed by atoms with van der Waals surface area (Å²) in [7, 11) is 3.19. The number of rotatable bonds is 8. The molecular formula is C11H22N2O3S. The quantitative estimate of drug-likeness (QED) is 0.642. The summed E-state index contributed by atoms with van der Waals surface area (Å²) >= 11 is 4.92. The second-order valence-corrected chi connectivity index (χ2v) is 4.71. The van der Waals surface area contributed by atoms with Crippen LogP contribution in [0.1, 0.15) is 13.8 Å². The van der Waals surface area contributed by atoms with Gasteiger partial charge in [0, 0.05) is 27.3 Å². The summed E-state index contributed by atoms with van der Waals surface area (Å²) in [6.45, 7) is 5.41. The second-order valence-electron chi connectivity index (χ2n) is 4.27. The Bertz CT molecular complexity index is 261. The molecule has 0 aliphatic carbocycles. The Hall–Kier alpha value is -0.720. The van der Waals surface area contributed by atoms with Crippen LogP contribution >= 0.6 is 12.2 Å². The summed E-state index contributed by atoms with van der Waals surface area (Å²) < 4.78 is 9.95. The van der Waals surface area contributed by atoms with Gasteiger partial charge < -0.3 is 20.1 Å². The number of thiocarbonyl (C=S) groups is 1. The lowest BCUT2D eigenvalue weighted by Gasteiger charge is -2.31. The molecule has 0 spiro atoms. The highest BCUT2D eigenvalue weighted by atomic mass is 32.1. The number of hydrogen-bond donors (Lipinski definition) is 1. The Morgan fingerprint density at radius 1 is 1.24 bits per heavy atom. The van der Waals surface area contributed by atoms with Gasteiger partial charge in [0.2, 0.25) is 5.91 Å². The molecule has 0 saturated carbocycles. The molecule has 0 rings (SSSR count). The maximum absolute atomic E-state index is 12.3. The fraction of sp³-hybridized carbons (Fsp3) is 0.818. The number of ether oxygens (including phenoxy) is 2. The van der Waals surface area contributed by atoms with E-state index in [1.807, 2.05) is 0 Å². The summed E-state index contributed by atoms with van der Waals surface area (Å²) in [5, 5.41) is 0. The molecule has 6 heteroatoms. The van der Waals surface area contributed by atoms with Crippen LogP contribution in [0.5, 0.6) is 0 Å². The Morgan fingerprint density at radius 3 is 1.94 bits per heavy atom. The molecule has 5 nitrogen and oxygen atoms in total. The minimum Gasteiger partial charge on any atom is -0.392 e. The summed E-state index contributed by atoms with van der Waals surface area (Å²) in [5.74, 6) is -0.0981. The van der Waals surface area contributed by atoms with Gasteiger partial charge in [-0.15, -0.1) is 0 Å². The average molecular weight is 262 g/mol. The number of nitrogens with zero attached hydrogens (tertiary/aromatic N) is 1. The molecule has 0 bridgehead atoms. The van der Waals surface area contributed by atoms with Crippen LogP contribution in [0.2, 0.25) is 0 Å². The van der Waals surface area contributed by atoms with Crippen molar-refractivity contribution in [2.24, 2.45) is 11.1 Å². The third-order valence-corrected chi connectivity index (χ3v) is 3.08. The van der Waals surface area contributed by atoms with Crippen molar-refractivity contribution in [3.8, 4) is 0 Å². The van der Waals surface area contributed by atoms with Crippen LogP contribution in [0.4, 0.5) is 0 Å². The van der Waals surface area contributed by atoms with E-state index < -0.39 is 5.41 Å². The minimum absolute atomic E-state index is 0.0981. The van der Waals surface area contributed by atoms with Crippen molar-refractivity contribution in [3.05, 3.63) is 0 Å². The summed E-state index contributed by atoms with van der Waals surface area (Å²) in [6.07, 6.45) is 0. The van der Waals surface area contributed by atoms with Gasteiger partial charge in [0.25, 0.3) is 0 Å². The van der Waals surface area contributed by atoms with E-state index in [-0.39, 0.29) is 10.9 Å². The van der Waals surface area contributed by atoms with Crippen LogP contribution < -0.4 is 5.73 Å². The third-order valence-electron chi connectivity index (χ3n) is 2.57. The van der Waals surface area contributed by atoms with Gasteiger partial charge in [-0.3, -0.25) is 4.79 Å². The zero-order valence-electron chi connectivity index (χ0n) is 11.0. The first-order valence-electron chi connectivity index (χ1n) is 5.45. The van der Waals surface area contributed by atoms with Crippen LogP contribution in [-0.2, 0) is 14.3 Å². The molecule has 0 radical (unpaired) electrons. The number of amides is 1. The van der Waals surface area contributed by atoms with E-state index in [2.05, 4.69) is 0 Å². The predicted octanol–water partition coefficient (Wildman–Crippen LogP) is 0.420. The van der Waals surface area contributed by atoms with E-state index in [4.69, 9.17) is 27.4 Å². The van der Waals surface area contributed by atoms with E-state index in [1.165, 1.54) is 0 Å². The lowest BCUT2D eigenvalue weighted by Crippen LogP contribution is -2.49. The fourth-order valence-corrected chi connectivity index (χ4v) is 1.31. The SMILES string of the molecule is COCCN(CCOC)C(=O)C(C)(C)C(N)=S. The van der Waals surface area contributed by atoms with Crippen molar-refractivity contribution in [3.63, 3.8) is 0 Å². The Balaban J connectivity index is 4.66. The Morgan fingerprint density at radius 2 is 1.65 bits per heavy atom. The molecule has 0 aromatic heterocycles. The van der Waals surface area contributed by atoms with E-state index in [1.54, 1.807) is 33.0 Å². The number of carbonyl (C=O) groups excluding carboxylic acids is 1. The molecule has 0 unspecified atom stereocenters.